The molecule has 1 unspecified atom stereocenters. The van der Waals surface area contributed by atoms with E-state index in [4.69, 9.17) is 5.84 Å². The summed E-state index contributed by atoms with van der Waals surface area (Å²) in [5, 5.41) is 0. The monoisotopic (exact) mass is 386 g/mol. The van der Waals surface area contributed by atoms with Gasteiger partial charge in [0.2, 0.25) is 0 Å². The second-order valence-corrected chi connectivity index (χ2v) is 5.99. The van der Waals surface area contributed by atoms with E-state index in [0.29, 0.717) is 0 Å². The molecule has 0 aliphatic heterocycles. The lowest BCUT2D eigenvalue weighted by Crippen LogP contribution is -2.30. The van der Waals surface area contributed by atoms with E-state index in [9.17, 15) is 0 Å². The zero-order valence-corrected chi connectivity index (χ0v) is 13.8. The Hall–Kier alpha value is -0.690. The normalized spacial score (nSPS) is 12.6. The molecule has 0 amide bonds. The van der Waals surface area contributed by atoms with Gasteiger partial charge in [-0.2, -0.15) is 0 Å². The first-order valence-electron chi connectivity index (χ1n) is 6.06. The summed E-state index contributed by atoms with van der Waals surface area (Å²) in [5.74, 6) is 6.73. The van der Waals surface area contributed by atoms with Crippen molar-refractivity contribution in [3.05, 3.63) is 50.9 Å². The number of hydrazine groups is 1. The van der Waals surface area contributed by atoms with Crippen LogP contribution in [0, 0.1) is 0 Å². The molecular formula is C13H16Br2N4. The fourth-order valence-corrected chi connectivity index (χ4v) is 3.37. The molecule has 0 radical (unpaired) electrons. The number of nitrogens with one attached hydrogen (secondary N) is 1. The highest BCUT2D eigenvalue weighted by atomic mass is 79.9. The Labute approximate surface area is 129 Å². The maximum atomic E-state index is 5.70. The van der Waals surface area contributed by atoms with E-state index >= 15 is 0 Å². The van der Waals surface area contributed by atoms with Gasteiger partial charge in [0.05, 0.1) is 6.04 Å². The summed E-state index contributed by atoms with van der Waals surface area (Å²) in [7, 11) is 0. The highest BCUT2D eigenvalue weighted by Crippen LogP contribution is 2.28. The second kappa shape index (κ2) is 6.65. The quantitative estimate of drug-likeness (QED) is 0.611. The zero-order chi connectivity index (χ0) is 13.8. The molecule has 0 saturated heterocycles. The van der Waals surface area contributed by atoms with Crippen LogP contribution >= 0.6 is 31.9 Å². The molecule has 19 heavy (non-hydrogen) atoms. The number of aromatic nitrogens is 2. The van der Waals surface area contributed by atoms with Gasteiger partial charge in [-0.1, -0.05) is 37.9 Å². The van der Waals surface area contributed by atoms with Crippen LogP contribution in [0.3, 0.4) is 0 Å². The lowest BCUT2D eigenvalue weighted by molar-refractivity contribution is 0.521. The number of benzene rings is 1. The van der Waals surface area contributed by atoms with Gasteiger partial charge >= 0.3 is 0 Å². The van der Waals surface area contributed by atoms with E-state index < -0.39 is 0 Å². The standard InChI is InChI=1S/C13H16Br2N4/c1-2-19-6-5-17-13(19)8-12(18-16)10-4-3-9(14)7-11(10)15/h3-7,12,18H,2,8,16H2,1H3. The SMILES string of the molecule is CCn1ccnc1CC(NN)c1ccc(Br)cc1Br. The van der Waals surface area contributed by atoms with Crippen LogP contribution in [0.15, 0.2) is 39.5 Å². The molecule has 2 aromatic rings. The summed E-state index contributed by atoms with van der Waals surface area (Å²) >= 11 is 7.03. The fourth-order valence-electron chi connectivity index (χ4n) is 2.04. The minimum atomic E-state index is 0.0233. The van der Waals surface area contributed by atoms with Crippen LogP contribution in [0.5, 0.6) is 0 Å². The van der Waals surface area contributed by atoms with Crippen LogP contribution < -0.4 is 11.3 Å². The first kappa shape index (κ1) is 14.7. The lowest BCUT2D eigenvalue weighted by Gasteiger charge is -2.18. The fraction of sp³-hybridized carbons (Fsp3) is 0.308. The second-order valence-electron chi connectivity index (χ2n) is 4.22. The summed E-state index contributed by atoms with van der Waals surface area (Å²) in [6.07, 6.45) is 4.56. The van der Waals surface area contributed by atoms with E-state index in [0.717, 1.165) is 33.3 Å². The topological polar surface area (TPSA) is 55.9 Å². The van der Waals surface area contributed by atoms with Crippen LogP contribution in [0.25, 0.3) is 0 Å². The third-order valence-corrected chi connectivity index (χ3v) is 4.25. The number of halogens is 2. The maximum absolute atomic E-state index is 5.70. The zero-order valence-electron chi connectivity index (χ0n) is 10.6. The summed E-state index contributed by atoms with van der Waals surface area (Å²) in [6, 6.07) is 6.11. The van der Waals surface area contributed by atoms with E-state index in [1.54, 1.807) is 0 Å². The molecule has 4 nitrogen and oxygen atoms in total. The van der Waals surface area contributed by atoms with Crippen LogP contribution in [0.2, 0.25) is 0 Å². The predicted molar refractivity (Wildman–Crippen MR) is 83.5 cm³/mol. The Morgan fingerprint density at radius 1 is 1.42 bits per heavy atom. The van der Waals surface area contributed by atoms with Gasteiger partial charge in [0.25, 0.3) is 0 Å². The van der Waals surface area contributed by atoms with E-state index in [-0.39, 0.29) is 6.04 Å². The number of rotatable bonds is 5. The van der Waals surface area contributed by atoms with Gasteiger partial charge in [0.1, 0.15) is 5.82 Å². The number of aryl methyl sites for hydroxylation is 1. The van der Waals surface area contributed by atoms with Crippen molar-refractivity contribution in [1.29, 1.82) is 0 Å². The van der Waals surface area contributed by atoms with Crippen molar-refractivity contribution >= 4 is 31.9 Å². The van der Waals surface area contributed by atoms with Crippen molar-refractivity contribution < 1.29 is 0 Å². The maximum Gasteiger partial charge on any atom is 0.110 e. The van der Waals surface area contributed by atoms with E-state index in [1.807, 2.05) is 24.5 Å². The highest BCUT2D eigenvalue weighted by Gasteiger charge is 2.16. The Bertz CT molecular complexity index is 553. The Balaban J connectivity index is 2.25. The molecular weight excluding hydrogens is 372 g/mol. The molecule has 0 saturated carbocycles. The molecule has 1 atom stereocenters. The number of nitrogens with zero attached hydrogens (tertiary/aromatic N) is 2. The molecule has 0 aliphatic carbocycles. The van der Waals surface area contributed by atoms with Gasteiger partial charge in [-0.15, -0.1) is 0 Å². The average Bonchev–Trinajstić information content (AvgIpc) is 2.84. The summed E-state index contributed by atoms with van der Waals surface area (Å²) in [6.45, 7) is 3.01. The Morgan fingerprint density at radius 2 is 2.21 bits per heavy atom. The average molecular weight is 388 g/mol. The molecule has 2 rings (SSSR count). The molecule has 0 spiro atoms. The van der Waals surface area contributed by atoms with Crippen molar-refractivity contribution in [3.8, 4) is 0 Å². The van der Waals surface area contributed by atoms with Gasteiger partial charge in [0, 0.05) is 34.3 Å². The van der Waals surface area contributed by atoms with E-state index in [2.05, 4.69) is 59.8 Å². The summed E-state index contributed by atoms with van der Waals surface area (Å²) < 4.78 is 4.19. The highest BCUT2D eigenvalue weighted by molar-refractivity contribution is 9.11. The van der Waals surface area contributed by atoms with Gasteiger partial charge in [-0.25, -0.2) is 4.98 Å². The van der Waals surface area contributed by atoms with Gasteiger partial charge in [-0.3, -0.25) is 11.3 Å². The molecule has 0 bridgehead atoms. The first-order chi connectivity index (χ1) is 9.15. The minimum absolute atomic E-state index is 0.0233. The first-order valence-corrected chi connectivity index (χ1v) is 7.65. The van der Waals surface area contributed by atoms with Crippen LogP contribution in [-0.2, 0) is 13.0 Å². The summed E-state index contributed by atoms with van der Waals surface area (Å²) in [5.41, 5.74) is 3.99. The largest absolute Gasteiger partial charge is 0.335 e. The van der Waals surface area contributed by atoms with Crippen LogP contribution in [0.4, 0.5) is 0 Å². The molecule has 1 aromatic carbocycles. The van der Waals surface area contributed by atoms with Gasteiger partial charge < -0.3 is 4.57 Å². The van der Waals surface area contributed by atoms with Crippen molar-refractivity contribution in [1.82, 2.24) is 15.0 Å². The number of imidazole rings is 1. The van der Waals surface area contributed by atoms with Crippen molar-refractivity contribution in [2.24, 2.45) is 5.84 Å². The molecule has 102 valence electrons. The van der Waals surface area contributed by atoms with Crippen molar-refractivity contribution in [2.75, 3.05) is 0 Å². The van der Waals surface area contributed by atoms with E-state index in [1.165, 1.54) is 0 Å². The van der Waals surface area contributed by atoms with Gasteiger partial charge in [0.15, 0.2) is 0 Å². The number of nitrogens with two attached hydrogens (primary N) is 1. The van der Waals surface area contributed by atoms with Crippen LogP contribution in [-0.4, -0.2) is 9.55 Å². The molecule has 6 heteroatoms. The molecule has 3 N–H and O–H groups in total. The van der Waals surface area contributed by atoms with Crippen molar-refractivity contribution in [2.45, 2.75) is 25.9 Å². The number of hydrogen-bond acceptors (Lipinski definition) is 3. The van der Waals surface area contributed by atoms with Crippen LogP contribution in [0.1, 0.15) is 24.4 Å². The summed E-state index contributed by atoms with van der Waals surface area (Å²) in [4.78, 5) is 4.39. The van der Waals surface area contributed by atoms with Gasteiger partial charge in [-0.05, 0) is 24.6 Å². The lowest BCUT2D eigenvalue weighted by atomic mass is 10.0. The van der Waals surface area contributed by atoms with Crippen molar-refractivity contribution in [3.63, 3.8) is 0 Å². The predicted octanol–water partition coefficient (Wildman–Crippen LogP) is 3.18. The number of hydrogen-bond donors (Lipinski definition) is 2. The minimum Gasteiger partial charge on any atom is -0.335 e. The Kier molecular flexibility index (Phi) is 5.15. The molecule has 1 aromatic heterocycles. The molecule has 0 aliphatic rings. The third kappa shape index (κ3) is 3.45. The smallest absolute Gasteiger partial charge is 0.110 e. The third-order valence-electron chi connectivity index (χ3n) is 3.07. The molecule has 0 fully saturated rings. The molecule has 1 heterocycles. The Morgan fingerprint density at radius 3 is 2.84 bits per heavy atom.